The number of amides is 1. The van der Waals surface area contributed by atoms with E-state index >= 15 is 0 Å². The number of carbonyl (C=O) groups is 1. The molecule has 2 heterocycles. The largest absolute Gasteiger partial charge is 0.342 e. The number of hydrogen-bond donors (Lipinski definition) is 1. The molecular weight excluding hydrogens is 288 g/mol. The summed E-state index contributed by atoms with van der Waals surface area (Å²) in [6.07, 6.45) is 6.71. The summed E-state index contributed by atoms with van der Waals surface area (Å²) in [5.74, 6) is -0.212. The molecule has 0 saturated heterocycles. The first kappa shape index (κ1) is 14.5. The van der Waals surface area contributed by atoms with E-state index in [1.54, 1.807) is 36.8 Å². The number of nitrogens with one attached hydrogen (secondary N) is 1. The second-order valence-corrected chi connectivity index (χ2v) is 5.02. The molecule has 112 valence electrons. The lowest BCUT2D eigenvalue weighted by molar-refractivity contribution is 0.102. The van der Waals surface area contributed by atoms with Crippen molar-refractivity contribution < 1.29 is 4.79 Å². The number of nitrogens with zero attached hydrogens (tertiary/aromatic N) is 3. The lowest BCUT2D eigenvalue weighted by Crippen LogP contribution is -2.11. The maximum Gasteiger partial charge on any atom is 0.255 e. The van der Waals surface area contributed by atoms with Crippen molar-refractivity contribution in [1.82, 2.24) is 9.55 Å². The molecule has 5 heteroatoms. The molecule has 23 heavy (non-hydrogen) atoms. The minimum absolute atomic E-state index is 0.212. The van der Waals surface area contributed by atoms with Gasteiger partial charge < -0.3 is 9.88 Å². The normalized spacial score (nSPS) is 10.2. The Kier molecular flexibility index (Phi) is 3.89. The molecule has 0 aliphatic heterocycles. The Bertz CT molecular complexity index is 919. The van der Waals surface area contributed by atoms with Gasteiger partial charge in [0.1, 0.15) is 6.07 Å². The van der Waals surface area contributed by atoms with Gasteiger partial charge in [-0.25, -0.2) is 0 Å². The molecular formula is C18H14N4O. The Morgan fingerprint density at radius 3 is 2.83 bits per heavy atom. The zero-order chi connectivity index (χ0) is 16.2. The van der Waals surface area contributed by atoms with E-state index in [0.29, 0.717) is 23.4 Å². The third-order valence-electron chi connectivity index (χ3n) is 3.53. The van der Waals surface area contributed by atoms with Gasteiger partial charge in [-0.1, -0.05) is 6.08 Å². The molecule has 0 atom stereocenters. The Morgan fingerprint density at radius 1 is 1.35 bits per heavy atom. The zero-order valence-corrected chi connectivity index (χ0v) is 12.4. The molecule has 2 aromatic heterocycles. The Balaban J connectivity index is 1.96. The fraction of sp³-hybridized carbons (Fsp3) is 0.0556. The lowest BCUT2D eigenvalue weighted by atomic mass is 10.1. The number of pyridine rings is 1. The Morgan fingerprint density at radius 2 is 2.13 bits per heavy atom. The fourth-order valence-electron chi connectivity index (χ4n) is 2.46. The van der Waals surface area contributed by atoms with Crippen LogP contribution >= 0.6 is 0 Å². The number of hydrogen-bond acceptors (Lipinski definition) is 3. The van der Waals surface area contributed by atoms with Crippen molar-refractivity contribution in [1.29, 1.82) is 5.26 Å². The molecule has 0 saturated carbocycles. The molecule has 3 aromatic rings. The van der Waals surface area contributed by atoms with Gasteiger partial charge in [-0.15, -0.1) is 6.58 Å². The summed E-state index contributed by atoms with van der Waals surface area (Å²) in [7, 11) is 0. The van der Waals surface area contributed by atoms with E-state index in [4.69, 9.17) is 0 Å². The number of fused-ring (bicyclic) bond motifs is 1. The van der Waals surface area contributed by atoms with Gasteiger partial charge in [0.05, 0.1) is 5.56 Å². The van der Waals surface area contributed by atoms with Crippen LogP contribution in [0.5, 0.6) is 0 Å². The van der Waals surface area contributed by atoms with Crippen LogP contribution in [0, 0.1) is 11.3 Å². The number of benzene rings is 1. The fourth-order valence-corrected chi connectivity index (χ4v) is 2.46. The Labute approximate surface area is 133 Å². The summed E-state index contributed by atoms with van der Waals surface area (Å²) in [5, 5.41) is 12.9. The van der Waals surface area contributed by atoms with E-state index in [1.807, 2.05) is 22.8 Å². The van der Waals surface area contributed by atoms with Gasteiger partial charge in [-0.3, -0.25) is 9.78 Å². The minimum atomic E-state index is -0.212. The zero-order valence-electron chi connectivity index (χ0n) is 12.4. The van der Waals surface area contributed by atoms with Crippen molar-refractivity contribution in [2.24, 2.45) is 0 Å². The molecule has 0 aliphatic rings. The molecule has 0 aliphatic carbocycles. The highest BCUT2D eigenvalue weighted by Gasteiger charge is 2.10. The van der Waals surface area contributed by atoms with Gasteiger partial charge in [0, 0.05) is 47.3 Å². The number of rotatable bonds is 4. The predicted octanol–water partition coefficient (Wildman–Crippen LogP) is 3.35. The van der Waals surface area contributed by atoms with Crippen molar-refractivity contribution in [3.05, 3.63) is 72.7 Å². The summed E-state index contributed by atoms with van der Waals surface area (Å²) in [4.78, 5) is 16.1. The van der Waals surface area contributed by atoms with E-state index in [-0.39, 0.29) is 5.91 Å². The van der Waals surface area contributed by atoms with E-state index in [9.17, 15) is 10.1 Å². The van der Waals surface area contributed by atoms with Crippen LogP contribution in [0.25, 0.3) is 10.9 Å². The standard InChI is InChI=1S/C18H14N4O/c1-2-9-22-12-14(11-19)16-10-15(3-4-17(16)22)21-18(23)13-5-7-20-8-6-13/h2-8,10,12H,1,9H2,(H,21,23). The van der Waals surface area contributed by atoms with Gasteiger partial charge >= 0.3 is 0 Å². The number of carbonyl (C=O) groups excluding carboxylic acids is 1. The van der Waals surface area contributed by atoms with Gasteiger partial charge in [-0.2, -0.15) is 5.26 Å². The summed E-state index contributed by atoms with van der Waals surface area (Å²) in [6.45, 7) is 4.35. The van der Waals surface area contributed by atoms with Crippen molar-refractivity contribution in [2.45, 2.75) is 6.54 Å². The third kappa shape index (κ3) is 2.83. The van der Waals surface area contributed by atoms with Gasteiger partial charge in [0.2, 0.25) is 0 Å². The topological polar surface area (TPSA) is 70.7 Å². The van der Waals surface area contributed by atoms with Crippen molar-refractivity contribution in [3.8, 4) is 6.07 Å². The Hall–Kier alpha value is -3.39. The second-order valence-electron chi connectivity index (χ2n) is 5.02. The number of aromatic nitrogens is 2. The number of anilines is 1. The van der Waals surface area contributed by atoms with Gasteiger partial charge in [-0.05, 0) is 30.3 Å². The summed E-state index contributed by atoms with van der Waals surface area (Å²) in [6, 6.07) is 11.0. The van der Waals surface area contributed by atoms with Crippen LogP contribution in [0.2, 0.25) is 0 Å². The van der Waals surface area contributed by atoms with Crippen LogP contribution in [0.3, 0.4) is 0 Å². The number of allylic oxidation sites excluding steroid dienone is 1. The van der Waals surface area contributed by atoms with Crippen molar-refractivity contribution in [2.75, 3.05) is 5.32 Å². The molecule has 0 bridgehead atoms. The van der Waals surface area contributed by atoms with Crippen LogP contribution in [-0.4, -0.2) is 15.5 Å². The predicted molar refractivity (Wildman–Crippen MR) is 89.0 cm³/mol. The van der Waals surface area contributed by atoms with Crippen LogP contribution < -0.4 is 5.32 Å². The van der Waals surface area contributed by atoms with Crippen molar-refractivity contribution in [3.63, 3.8) is 0 Å². The first-order chi connectivity index (χ1) is 11.2. The van der Waals surface area contributed by atoms with Crippen LogP contribution in [0.1, 0.15) is 15.9 Å². The third-order valence-corrected chi connectivity index (χ3v) is 3.53. The molecule has 0 unspecified atom stereocenters. The van der Waals surface area contributed by atoms with Gasteiger partial charge in [0.15, 0.2) is 0 Å². The quantitative estimate of drug-likeness (QED) is 0.751. The van der Waals surface area contributed by atoms with Crippen LogP contribution in [0.4, 0.5) is 5.69 Å². The van der Waals surface area contributed by atoms with E-state index in [0.717, 1.165) is 10.9 Å². The summed E-state index contributed by atoms with van der Waals surface area (Å²) >= 11 is 0. The van der Waals surface area contributed by atoms with E-state index in [1.165, 1.54) is 0 Å². The summed E-state index contributed by atoms with van der Waals surface area (Å²) in [5.41, 5.74) is 2.68. The molecule has 1 amide bonds. The maximum absolute atomic E-state index is 12.2. The molecule has 3 rings (SSSR count). The molecule has 0 fully saturated rings. The lowest BCUT2D eigenvalue weighted by Gasteiger charge is -2.06. The average molecular weight is 302 g/mol. The maximum atomic E-state index is 12.2. The van der Waals surface area contributed by atoms with Crippen LogP contribution in [0.15, 0.2) is 61.6 Å². The SMILES string of the molecule is C=CCn1cc(C#N)c2cc(NC(=O)c3ccncc3)ccc21. The highest BCUT2D eigenvalue weighted by atomic mass is 16.1. The molecule has 1 N–H and O–H groups in total. The van der Waals surface area contributed by atoms with Crippen molar-refractivity contribution >= 4 is 22.5 Å². The smallest absolute Gasteiger partial charge is 0.255 e. The number of nitriles is 1. The summed E-state index contributed by atoms with van der Waals surface area (Å²) < 4.78 is 1.95. The monoisotopic (exact) mass is 302 g/mol. The van der Waals surface area contributed by atoms with E-state index in [2.05, 4.69) is 22.9 Å². The first-order valence-corrected chi connectivity index (χ1v) is 7.08. The minimum Gasteiger partial charge on any atom is -0.342 e. The molecule has 0 spiro atoms. The van der Waals surface area contributed by atoms with Crippen LogP contribution in [-0.2, 0) is 6.54 Å². The van der Waals surface area contributed by atoms with Gasteiger partial charge in [0.25, 0.3) is 5.91 Å². The molecule has 1 aromatic carbocycles. The highest BCUT2D eigenvalue weighted by Crippen LogP contribution is 2.25. The second kappa shape index (κ2) is 6.16. The molecule has 5 nitrogen and oxygen atoms in total. The highest BCUT2D eigenvalue weighted by molar-refractivity contribution is 6.05. The average Bonchev–Trinajstić information content (AvgIpc) is 2.93. The first-order valence-electron chi connectivity index (χ1n) is 7.08. The van der Waals surface area contributed by atoms with E-state index < -0.39 is 0 Å². The molecule has 0 radical (unpaired) electrons.